The largest absolute Gasteiger partial charge is 0.391 e. The summed E-state index contributed by atoms with van der Waals surface area (Å²) in [4.78, 5) is 11.7. The highest BCUT2D eigenvalue weighted by atomic mass is 16.3. The van der Waals surface area contributed by atoms with E-state index < -0.39 is 0 Å². The molecule has 1 aromatic carbocycles. The second-order valence-electron chi connectivity index (χ2n) is 7.07. The van der Waals surface area contributed by atoms with Crippen LogP contribution in [0, 0.1) is 0 Å². The SMILES string of the molecule is CCCCCCCCCCCC[N+](C)(C=O)c1ccccc1CO. The third-order valence-electron chi connectivity index (χ3n) is 4.92. The van der Waals surface area contributed by atoms with E-state index in [1.165, 1.54) is 57.8 Å². The Morgan fingerprint density at radius 2 is 1.46 bits per heavy atom. The molecule has 24 heavy (non-hydrogen) atoms. The lowest BCUT2D eigenvalue weighted by Crippen LogP contribution is -2.45. The predicted molar refractivity (Wildman–Crippen MR) is 103 cm³/mol. The Hall–Kier alpha value is -1.19. The zero-order valence-electron chi connectivity index (χ0n) is 15.7. The molecule has 0 fully saturated rings. The van der Waals surface area contributed by atoms with Crippen molar-refractivity contribution >= 4 is 12.1 Å². The summed E-state index contributed by atoms with van der Waals surface area (Å²) in [5, 5.41) is 9.50. The summed E-state index contributed by atoms with van der Waals surface area (Å²) in [5.74, 6) is 0. The van der Waals surface area contributed by atoms with Crippen molar-refractivity contribution in [2.24, 2.45) is 0 Å². The van der Waals surface area contributed by atoms with Crippen LogP contribution in [0.5, 0.6) is 0 Å². The highest BCUT2D eigenvalue weighted by Gasteiger charge is 2.26. The average Bonchev–Trinajstić information content (AvgIpc) is 2.63. The van der Waals surface area contributed by atoms with E-state index in [0.29, 0.717) is 0 Å². The molecule has 1 amide bonds. The minimum absolute atomic E-state index is 0.0180. The number of aliphatic hydroxyl groups excluding tert-OH is 1. The molecule has 0 aromatic heterocycles. The van der Waals surface area contributed by atoms with Gasteiger partial charge in [0, 0.05) is 5.56 Å². The molecule has 0 saturated carbocycles. The van der Waals surface area contributed by atoms with E-state index in [2.05, 4.69) is 6.92 Å². The van der Waals surface area contributed by atoms with Gasteiger partial charge in [-0.3, -0.25) is 0 Å². The van der Waals surface area contributed by atoms with Crippen molar-refractivity contribution in [1.29, 1.82) is 0 Å². The summed E-state index contributed by atoms with van der Waals surface area (Å²) >= 11 is 0. The maximum atomic E-state index is 11.7. The molecule has 0 aliphatic heterocycles. The first-order chi connectivity index (χ1) is 11.7. The molecule has 0 saturated heterocycles. The highest BCUT2D eigenvalue weighted by molar-refractivity contribution is 5.70. The van der Waals surface area contributed by atoms with Crippen LogP contribution < -0.4 is 4.48 Å². The predicted octanol–water partition coefficient (Wildman–Crippen LogP) is 5.19. The molecule has 1 rings (SSSR count). The quantitative estimate of drug-likeness (QED) is 0.289. The molecular weight excluding hydrogens is 298 g/mol. The van der Waals surface area contributed by atoms with Crippen LogP contribution in [0.2, 0.25) is 0 Å². The van der Waals surface area contributed by atoms with Crippen molar-refractivity contribution < 1.29 is 9.90 Å². The summed E-state index contributed by atoms with van der Waals surface area (Å²) in [7, 11) is 1.94. The van der Waals surface area contributed by atoms with Crippen LogP contribution in [0.3, 0.4) is 0 Å². The van der Waals surface area contributed by atoms with E-state index in [0.717, 1.165) is 30.6 Å². The van der Waals surface area contributed by atoms with Crippen LogP contribution in [0.1, 0.15) is 76.7 Å². The van der Waals surface area contributed by atoms with Crippen LogP contribution in [0.15, 0.2) is 24.3 Å². The Balaban J connectivity index is 2.28. The fourth-order valence-electron chi connectivity index (χ4n) is 3.30. The van der Waals surface area contributed by atoms with E-state index in [4.69, 9.17) is 0 Å². The number of benzene rings is 1. The van der Waals surface area contributed by atoms with Gasteiger partial charge in [0.25, 0.3) is 0 Å². The first kappa shape index (κ1) is 20.9. The van der Waals surface area contributed by atoms with Gasteiger partial charge < -0.3 is 5.11 Å². The van der Waals surface area contributed by atoms with Gasteiger partial charge in [0.2, 0.25) is 0 Å². The topological polar surface area (TPSA) is 37.3 Å². The van der Waals surface area contributed by atoms with Crippen molar-refractivity contribution in [3.05, 3.63) is 29.8 Å². The van der Waals surface area contributed by atoms with Crippen LogP contribution in [0.4, 0.5) is 5.69 Å². The Bertz CT molecular complexity index is 461. The van der Waals surface area contributed by atoms with E-state index in [1.54, 1.807) is 0 Å². The summed E-state index contributed by atoms with van der Waals surface area (Å²) < 4.78 is 0.258. The monoisotopic (exact) mass is 334 g/mol. The van der Waals surface area contributed by atoms with Crippen molar-refractivity contribution in [3.63, 3.8) is 0 Å². The van der Waals surface area contributed by atoms with Crippen LogP contribution >= 0.6 is 0 Å². The number of quaternary nitrogens is 1. The molecule has 136 valence electrons. The second kappa shape index (κ2) is 12.2. The van der Waals surface area contributed by atoms with Crippen LogP contribution in [-0.4, -0.2) is 25.1 Å². The number of unbranched alkanes of at least 4 members (excludes halogenated alkanes) is 9. The average molecular weight is 335 g/mol. The lowest BCUT2D eigenvalue weighted by Gasteiger charge is -2.28. The zero-order valence-corrected chi connectivity index (χ0v) is 15.7. The molecule has 0 heterocycles. The van der Waals surface area contributed by atoms with Crippen molar-refractivity contribution in [3.8, 4) is 0 Å². The molecule has 1 N–H and O–H groups in total. The lowest BCUT2D eigenvalue weighted by atomic mass is 10.1. The maximum Gasteiger partial charge on any atom is 0.306 e. The van der Waals surface area contributed by atoms with Gasteiger partial charge in [-0.15, -0.1) is 0 Å². The smallest absolute Gasteiger partial charge is 0.306 e. The summed E-state index contributed by atoms with van der Waals surface area (Å²) in [6, 6.07) is 7.70. The number of carbonyl (C=O) groups excluding carboxylic acids is 1. The van der Waals surface area contributed by atoms with Crippen LogP contribution in [0.25, 0.3) is 0 Å². The minimum atomic E-state index is -0.0180. The first-order valence-electron chi connectivity index (χ1n) is 9.69. The normalized spacial score (nSPS) is 13.6. The third kappa shape index (κ3) is 7.14. The number of para-hydroxylation sites is 1. The third-order valence-corrected chi connectivity index (χ3v) is 4.92. The van der Waals surface area contributed by atoms with Crippen molar-refractivity contribution in [1.82, 2.24) is 4.48 Å². The minimum Gasteiger partial charge on any atom is -0.391 e. The van der Waals surface area contributed by atoms with Crippen molar-refractivity contribution in [2.75, 3.05) is 13.6 Å². The Kier molecular flexibility index (Phi) is 10.6. The molecule has 0 aliphatic rings. The summed E-state index contributed by atoms with van der Waals surface area (Å²) in [6.45, 7) is 3.04. The number of aliphatic hydroxyl groups is 1. The van der Waals surface area contributed by atoms with E-state index in [1.807, 2.05) is 31.3 Å². The molecule has 0 aliphatic carbocycles. The molecule has 0 bridgehead atoms. The molecule has 0 radical (unpaired) electrons. The van der Waals surface area contributed by atoms with Gasteiger partial charge >= 0.3 is 6.41 Å². The molecule has 1 aromatic rings. The first-order valence-corrected chi connectivity index (χ1v) is 9.69. The number of amides is 1. The molecular formula is C21H36NO2+. The molecule has 3 heteroatoms. The van der Waals surface area contributed by atoms with Gasteiger partial charge in [-0.05, 0) is 18.9 Å². The lowest BCUT2D eigenvalue weighted by molar-refractivity contribution is -0.116. The zero-order chi connectivity index (χ0) is 17.7. The van der Waals surface area contributed by atoms with Crippen molar-refractivity contribution in [2.45, 2.75) is 77.7 Å². The Labute approximate surface area is 148 Å². The van der Waals surface area contributed by atoms with Gasteiger partial charge in [-0.2, -0.15) is 0 Å². The van der Waals surface area contributed by atoms with E-state index in [9.17, 15) is 9.90 Å². The van der Waals surface area contributed by atoms with Gasteiger partial charge in [-0.1, -0.05) is 76.5 Å². The maximum absolute atomic E-state index is 11.7. The van der Waals surface area contributed by atoms with Crippen LogP contribution in [-0.2, 0) is 11.4 Å². The standard InChI is InChI=1S/C21H36NO2/c1-3-4-5-6-7-8-9-10-11-14-17-22(2,19-24)21-16-13-12-15-20(21)18-23/h12-13,15-16,19,23H,3-11,14,17-18H2,1-2H3/q+1. The number of carbonyl (C=O) groups is 1. The molecule has 3 nitrogen and oxygen atoms in total. The highest BCUT2D eigenvalue weighted by Crippen LogP contribution is 2.25. The van der Waals surface area contributed by atoms with Gasteiger partial charge in [0.15, 0.2) is 0 Å². The summed E-state index contributed by atoms with van der Waals surface area (Å²) in [5.41, 5.74) is 1.77. The number of hydrogen-bond donors (Lipinski definition) is 1. The van der Waals surface area contributed by atoms with E-state index >= 15 is 0 Å². The molecule has 1 atom stereocenters. The molecule has 1 unspecified atom stereocenters. The van der Waals surface area contributed by atoms with E-state index in [-0.39, 0.29) is 11.1 Å². The molecule has 0 spiro atoms. The fourth-order valence-corrected chi connectivity index (χ4v) is 3.30. The summed E-state index contributed by atoms with van der Waals surface area (Å²) in [6.07, 6.45) is 14.0. The fraction of sp³-hybridized carbons (Fsp3) is 0.667. The second-order valence-corrected chi connectivity index (χ2v) is 7.07. The van der Waals surface area contributed by atoms with Gasteiger partial charge in [0.05, 0.1) is 20.2 Å². The number of hydrogen-bond acceptors (Lipinski definition) is 2. The Morgan fingerprint density at radius 3 is 2.00 bits per heavy atom. The number of rotatable bonds is 14. The Morgan fingerprint density at radius 1 is 0.917 bits per heavy atom. The van der Waals surface area contributed by atoms with Gasteiger partial charge in [-0.25, -0.2) is 9.28 Å². The number of nitrogens with zero attached hydrogens (tertiary/aromatic N) is 1. The van der Waals surface area contributed by atoms with Gasteiger partial charge in [0.1, 0.15) is 5.69 Å².